The van der Waals surface area contributed by atoms with Gasteiger partial charge in [0.2, 0.25) is 5.60 Å². The second kappa shape index (κ2) is 5.38. The number of carbonyl (C=O) groups is 3. The summed E-state index contributed by atoms with van der Waals surface area (Å²) in [4.78, 5) is 35.1. The minimum Gasteiger partial charge on any atom is -0.463 e. The van der Waals surface area contributed by atoms with Crippen LogP contribution >= 0.6 is 0 Å². The first kappa shape index (κ1) is 15.8. The molecule has 1 rings (SSSR count). The standard InChI is InChI=1S/C13H20O5Si/c1-9-10(14)5-6-11(15)13(9,17)12(16)18-7-8-19(2,3)4/h5-6,9,17H,7-8H2,1-4H3/t9-,13+/m0/s1. The zero-order valence-corrected chi connectivity index (χ0v) is 12.7. The highest BCUT2D eigenvalue weighted by atomic mass is 28.3. The molecule has 0 bridgehead atoms. The fourth-order valence-electron chi connectivity index (χ4n) is 1.69. The van der Waals surface area contributed by atoms with E-state index in [4.69, 9.17) is 4.74 Å². The number of allylic oxidation sites excluding steroid dienone is 1. The van der Waals surface area contributed by atoms with Crippen LogP contribution in [0, 0.1) is 5.92 Å². The van der Waals surface area contributed by atoms with Crippen LogP contribution in [0.1, 0.15) is 6.92 Å². The van der Waals surface area contributed by atoms with E-state index < -0.39 is 37.1 Å². The van der Waals surface area contributed by atoms with Gasteiger partial charge in [0.25, 0.3) is 0 Å². The van der Waals surface area contributed by atoms with Crippen molar-refractivity contribution in [1.82, 2.24) is 0 Å². The van der Waals surface area contributed by atoms with Crippen molar-refractivity contribution in [1.29, 1.82) is 0 Å². The smallest absolute Gasteiger partial charge is 0.347 e. The van der Waals surface area contributed by atoms with Crippen molar-refractivity contribution in [2.75, 3.05) is 6.61 Å². The maximum absolute atomic E-state index is 11.9. The Morgan fingerprint density at radius 2 is 1.95 bits per heavy atom. The van der Waals surface area contributed by atoms with Crippen LogP contribution in [-0.4, -0.2) is 42.9 Å². The second-order valence-corrected chi connectivity index (χ2v) is 11.7. The Kier molecular flexibility index (Phi) is 4.47. The van der Waals surface area contributed by atoms with Crippen LogP contribution in [0.5, 0.6) is 0 Å². The Hall–Kier alpha value is -1.27. The number of rotatable bonds is 4. The molecule has 6 heteroatoms. The SMILES string of the molecule is C[C@H]1C(=O)C=CC(=O)[C@@]1(O)C(=O)OCC[Si](C)(C)C. The molecule has 1 aliphatic rings. The molecule has 0 fully saturated rings. The first-order valence-electron chi connectivity index (χ1n) is 6.25. The number of aliphatic hydroxyl groups is 1. The highest BCUT2D eigenvalue weighted by Gasteiger charge is 2.53. The van der Waals surface area contributed by atoms with Gasteiger partial charge in [-0.25, -0.2) is 4.79 Å². The van der Waals surface area contributed by atoms with Gasteiger partial charge in [0, 0.05) is 8.07 Å². The van der Waals surface area contributed by atoms with Crippen LogP contribution in [0.25, 0.3) is 0 Å². The molecule has 0 aliphatic heterocycles. The molecule has 0 aromatic heterocycles. The van der Waals surface area contributed by atoms with Gasteiger partial charge in [-0.1, -0.05) is 26.6 Å². The van der Waals surface area contributed by atoms with Gasteiger partial charge >= 0.3 is 5.97 Å². The number of ether oxygens (including phenoxy) is 1. The van der Waals surface area contributed by atoms with Crippen molar-refractivity contribution in [3.05, 3.63) is 12.2 Å². The average Bonchev–Trinajstić information content (AvgIpc) is 2.29. The Morgan fingerprint density at radius 3 is 2.47 bits per heavy atom. The van der Waals surface area contributed by atoms with E-state index in [-0.39, 0.29) is 6.61 Å². The molecular formula is C13H20O5Si. The molecule has 0 heterocycles. The monoisotopic (exact) mass is 284 g/mol. The normalized spacial score (nSPS) is 27.5. The lowest BCUT2D eigenvalue weighted by Gasteiger charge is -2.30. The van der Waals surface area contributed by atoms with Gasteiger partial charge in [-0.15, -0.1) is 0 Å². The van der Waals surface area contributed by atoms with Crippen LogP contribution in [0.3, 0.4) is 0 Å². The summed E-state index contributed by atoms with van der Waals surface area (Å²) in [5.41, 5.74) is -2.37. The summed E-state index contributed by atoms with van der Waals surface area (Å²) in [7, 11) is -1.37. The fraction of sp³-hybridized carbons (Fsp3) is 0.615. The first-order chi connectivity index (χ1) is 8.59. The molecule has 0 saturated heterocycles. The zero-order valence-electron chi connectivity index (χ0n) is 11.7. The quantitative estimate of drug-likeness (QED) is 0.472. The highest BCUT2D eigenvalue weighted by molar-refractivity contribution is 6.76. The van der Waals surface area contributed by atoms with Gasteiger partial charge in [-0.05, 0) is 18.2 Å². The van der Waals surface area contributed by atoms with E-state index in [0.29, 0.717) is 0 Å². The highest BCUT2D eigenvalue weighted by Crippen LogP contribution is 2.26. The lowest BCUT2D eigenvalue weighted by Crippen LogP contribution is -2.56. The molecule has 0 aromatic carbocycles. The summed E-state index contributed by atoms with van der Waals surface area (Å²) in [6.45, 7) is 7.88. The summed E-state index contributed by atoms with van der Waals surface area (Å²) in [6.07, 6.45) is 2.01. The third kappa shape index (κ3) is 3.39. The van der Waals surface area contributed by atoms with Crippen molar-refractivity contribution < 1.29 is 24.2 Å². The summed E-state index contributed by atoms with van der Waals surface area (Å²) in [5, 5.41) is 10.2. The van der Waals surface area contributed by atoms with Gasteiger partial charge in [0.1, 0.15) is 0 Å². The van der Waals surface area contributed by atoms with Crippen molar-refractivity contribution >= 4 is 25.6 Å². The molecule has 5 nitrogen and oxygen atoms in total. The minimum atomic E-state index is -2.37. The Labute approximate surface area is 113 Å². The summed E-state index contributed by atoms with van der Waals surface area (Å²) >= 11 is 0. The van der Waals surface area contributed by atoms with Crippen LogP contribution in [0.4, 0.5) is 0 Å². The van der Waals surface area contributed by atoms with Crippen LogP contribution in [-0.2, 0) is 19.1 Å². The Balaban J connectivity index is 2.77. The number of esters is 1. The predicted molar refractivity (Wildman–Crippen MR) is 72.4 cm³/mol. The summed E-state index contributed by atoms with van der Waals surface area (Å²) in [6, 6.07) is 0.737. The van der Waals surface area contributed by atoms with E-state index in [9.17, 15) is 19.5 Å². The van der Waals surface area contributed by atoms with Crippen LogP contribution in [0.2, 0.25) is 25.7 Å². The van der Waals surface area contributed by atoms with E-state index in [0.717, 1.165) is 18.2 Å². The molecule has 0 saturated carbocycles. The third-order valence-corrected chi connectivity index (χ3v) is 4.93. The second-order valence-electron chi connectivity index (χ2n) is 6.03. The number of hydrogen-bond donors (Lipinski definition) is 1. The maximum Gasteiger partial charge on any atom is 0.347 e. The number of ketones is 2. The summed E-state index contributed by atoms with van der Waals surface area (Å²) in [5.74, 6) is -3.38. The molecule has 0 unspecified atom stereocenters. The minimum absolute atomic E-state index is 0.161. The molecule has 2 atom stereocenters. The number of hydrogen-bond acceptors (Lipinski definition) is 5. The van der Waals surface area contributed by atoms with E-state index in [1.54, 1.807) is 0 Å². The Morgan fingerprint density at radius 1 is 1.37 bits per heavy atom. The van der Waals surface area contributed by atoms with Gasteiger partial charge in [0.05, 0.1) is 12.5 Å². The third-order valence-electron chi connectivity index (χ3n) is 3.22. The fourth-order valence-corrected chi connectivity index (χ4v) is 2.40. The van der Waals surface area contributed by atoms with E-state index in [1.165, 1.54) is 6.92 Å². The van der Waals surface area contributed by atoms with E-state index in [1.807, 2.05) is 0 Å². The van der Waals surface area contributed by atoms with Crippen molar-refractivity contribution in [3.63, 3.8) is 0 Å². The molecule has 106 valence electrons. The molecule has 0 amide bonds. The van der Waals surface area contributed by atoms with Crippen LogP contribution < -0.4 is 0 Å². The van der Waals surface area contributed by atoms with Gasteiger partial charge in [-0.3, -0.25) is 9.59 Å². The molecule has 1 N–H and O–H groups in total. The van der Waals surface area contributed by atoms with Crippen LogP contribution in [0.15, 0.2) is 12.2 Å². The summed E-state index contributed by atoms with van der Waals surface area (Å²) < 4.78 is 4.99. The molecule has 19 heavy (non-hydrogen) atoms. The predicted octanol–water partition coefficient (Wildman–Crippen LogP) is 0.943. The van der Waals surface area contributed by atoms with Crippen molar-refractivity contribution in [3.8, 4) is 0 Å². The molecule has 0 spiro atoms. The van der Waals surface area contributed by atoms with E-state index >= 15 is 0 Å². The Bertz CT molecular complexity index is 435. The first-order valence-corrected chi connectivity index (χ1v) is 9.95. The largest absolute Gasteiger partial charge is 0.463 e. The van der Waals surface area contributed by atoms with Crippen molar-refractivity contribution in [2.24, 2.45) is 5.92 Å². The molecule has 1 aliphatic carbocycles. The zero-order chi connectivity index (χ0) is 14.8. The molecule has 0 aromatic rings. The van der Waals surface area contributed by atoms with Gasteiger partial charge in [0.15, 0.2) is 11.6 Å². The van der Waals surface area contributed by atoms with Crippen molar-refractivity contribution in [2.45, 2.75) is 38.2 Å². The van der Waals surface area contributed by atoms with Gasteiger partial charge < -0.3 is 9.84 Å². The van der Waals surface area contributed by atoms with Gasteiger partial charge in [-0.2, -0.15) is 0 Å². The lowest BCUT2D eigenvalue weighted by atomic mass is 9.78. The molecular weight excluding hydrogens is 264 g/mol. The number of carbonyl (C=O) groups excluding carboxylic acids is 3. The molecule has 0 radical (unpaired) electrons. The topological polar surface area (TPSA) is 80.7 Å². The van der Waals surface area contributed by atoms with E-state index in [2.05, 4.69) is 19.6 Å². The maximum atomic E-state index is 11.9. The lowest BCUT2D eigenvalue weighted by molar-refractivity contribution is -0.176. The average molecular weight is 284 g/mol.